The summed E-state index contributed by atoms with van der Waals surface area (Å²) in [6.07, 6.45) is 0. The highest BCUT2D eigenvalue weighted by atomic mass is 19.1. The van der Waals surface area contributed by atoms with Crippen LogP contribution in [-0.2, 0) is 17.9 Å². The summed E-state index contributed by atoms with van der Waals surface area (Å²) in [5.74, 6) is -0.658. The molecule has 1 N–H and O–H groups in total. The topological polar surface area (TPSA) is 65.3 Å². The van der Waals surface area contributed by atoms with Crippen molar-refractivity contribution in [3.63, 3.8) is 0 Å². The van der Waals surface area contributed by atoms with Crippen LogP contribution in [-0.4, -0.2) is 22.2 Å². The zero-order valence-electron chi connectivity index (χ0n) is 15.5. The largest absolute Gasteiger partial charge is 0.494 e. The Hall–Kier alpha value is -3.09. The lowest BCUT2D eigenvalue weighted by molar-refractivity contribution is -0.122. The number of methoxy groups -OCH3 is 1. The van der Waals surface area contributed by atoms with E-state index in [0.29, 0.717) is 17.6 Å². The van der Waals surface area contributed by atoms with Crippen LogP contribution in [0.1, 0.15) is 25.5 Å². The van der Waals surface area contributed by atoms with Gasteiger partial charge in [0.1, 0.15) is 6.54 Å². The fourth-order valence-electron chi connectivity index (χ4n) is 3.20. The summed E-state index contributed by atoms with van der Waals surface area (Å²) in [5, 5.41) is 2.81. The van der Waals surface area contributed by atoms with E-state index in [1.165, 1.54) is 23.8 Å². The molecule has 0 radical (unpaired) electrons. The summed E-state index contributed by atoms with van der Waals surface area (Å²) in [6.45, 7) is 4.07. The number of hydrogen-bond donors (Lipinski definition) is 1. The Morgan fingerprint density at radius 3 is 2.44 bits per heavy atom. The van der Waals surface area contributed by atoms with E-state index in [1.807, 2.05) is 31.2 Å². The standard InChI is InChI=1S/C20H22FN3O3/c1-4-23-16-7-5-6-8-17(16)24(20(23)26)12-19(25)22-13(2)14-9-10-18(27-3)15(21)11-14/h5-11,13H,4,12H2,1-3H3,(H,22,25). The molecular formula is C20H22FN3O3. The number of aryl methyl sites for hydroxylation is 1. The quantitative estimate of drug-likeness (QED) is 0.725. The van der Waals surface area contributed by atoms with Gasteiger partial charge in [-0.3, -0.25) is 13.9 Å². The molecule has 0 spiro atoms. The number of amides is 1. The SMILES string of the molecule is CCn1c(=O)n(CC(=O)NC(C)c2ccc(OC)c(F)c2)c2ccccc21. The normalized spacial score (nSPS) is 12.1. The summed E-state index contributed by atoms with van der Waals surface area (Å²) < 4.78 is 21.9. The average Bonchev–Trinajstić information content (AvgIpc) is 2.92. The van der Waals surface area contributed by atoms with Gasteiger partial charge in [-0.05, 0) is 43.7 Å². The Morgan fingerprint density at radius 2 is 1.85 bits per heavy atom. The molecule has 0 aliphatic carbocycles. The van der Waals surface area contributed by atoms with Gasteiger partial charge < -0.3 is 10.1 Å². The number of aromatic nitrogens is 2. The highest BCUT2D eigenvalue weighted by Gasteiger charge is 2.17. The molecule has 1 heterocycles. The second-order valence-corrected chi connectivity index (χ2v) is 6.28. The molecule has 7 heteroatoms. The van der Waals surface area contributed by atoms with Gasteiger partial charge in [-0.1, -0.05) is 18.2 Å². The van der Waals surface area contributed by atoms with E-state index in [-0.39, 0.29) is 23.9 Å². The number of ether oxygens (including phenoxy) is 1. The van der Waals surface area contributed by atoms with Gasteiger partial charge in [0.2, 0.25) is 5.91 Å². The van der Waals surface area contributed by atoms with Gasteiger partial charge in [0.25, 0.3) is 0 Å². The van der Waals surface area contributed by atoms with E-state index in [2.05, 4.69) is 5.32 Å². The second kappa shape index (κ2) is 7.65. The molecule has 0 saturated heterocycles. The number of carbonyl (C=O) groups is 1. The minimum absolute atomic E-state index is 0.102. The maximum Gasteiger partial charge on any atom is 0.329 e. The predicted molar refractivity (Wildman–Crippen MR) is 101 cm³/mol. The van der Waals surface area contributed by atoms with Crippen LogP contribution >= 0.6 is 0 Å². The van der Waals surface area contributed by atoms with Crippen LogP contribution < -0.4 is 15.7 Å². The maximum atomic E-state index is 13.9. The van der Waals surface area contributed by atoms with E-state index in [1.54, 1.807) is 17.6 Å². The lowest BCUT2D eigenvalue weighted by atomic mass is 10.1. The van der Waals surface area contributed by atoms with Crippen LogP contribution in [0.15, 0.2) is 47.3 Å². The number of halogens is 1. The van der Waals surface area contributed by atoms with Crippen molar-refractivity contribution in [2.24, 2.45) is 0 Å². The molecule has 0 aliphatic rings. The van der Waals surface area contributed by atoms with Crippen molar-refractivity contribution >= 4 is 16.9 Å². The smallest absolute Gasteiger partial charge is 0.329 e. The first-order chi connectivity index (χ1) is 13.0. The third kappa shape index (κ3) is 3.58. The van der Waals surface area contributed by atoms with Gasteiger partial charge in [-0.15, -0.1) is 0 Å². The molecule has 1 aromatic heterocycles. The van der Waals surface area contributed by atoms with Crippen molar-refractivity contribution in [1.29, 1.82) is 0 Å². The summed E-state index contributed by atoms with van der Waals surface area (Å²) in [4.78, 5) is 25.1. The number of carbonyl (C=O) groups excluding carboxylic acids is 1. The van der Waals surface area contributed by atoms with Crippen LogP contribution in [0.3, 0.4) is 0 Å². The third-order valence-electron chi connectivity index (χ3n) is 4.60. The number of para-hydroxylation sites is 2. The second-order valence-electron chi connectivity index (χ2n) is 6.28. The number of nitrogens with one attached hydrogen (secondary N) is 1. The van der Waals surface area contributed by atoms with E-state index in [0.717, 1.165) is 5.52 Å². The first-order valence-corrected chi connectivity index (χ1v) is 8.77. The van der Waals surface area contributed by atoms with Gasteiger partial charge in [0.15, 0.2) is 11.6 Å². The van der Waals surface area contributed by atoms with Crippen LogP contribution in [0.25, 0.3) is 11.0 Å². The van der Waals surface area contributed by atoms with Gasteiger partial charge in [0.05, 0.1) is 24.2 Å². The molecule has 3 aromatic rings. The number of fused-ring (bicyclic) bond motifs is 1. The molecule has 0 aliphatic heterocycles. The summed E-state index contributed by atoms with van der Waals surface area (Å²) in [5.41, 5.74) is 1.90. The lowest BCUT2D eigenvalue weighted by Gasteiger charge is -2.15. The van der Waals surface area contributed by atoms with E-state index in [4.69, 9.17) is 4.74 Å². The van der Waals surface area contributed by atoms with Gasteiger partial charge >= 0.3 is 5.69 Å². The van der Waals surface area contributed by atoms with Gasteiger partial charge in [-0.2, -0.15) is 0 Å². The van der Waals surface area contributed by atoms with Gasteiger partial charge in [0, 0.05) is 6.54 Å². The monoisotopic (exact) mass is 371 g/mol. The highest BCUT2D eigenvalue weighted by molar-refractivity contribution is 5.81. The van der Waals surface area contributed by atoms with Crippen molar-refractivity contribution in [2.45, 2.75) is 33.0 Å². The van der Waals surface area contributed by atoms with Crippen molar-refractivity contribution in [3.05, 3.63) is 64.3 Å². The summed E-state index contributed by atoms with van der Waals surface area (Å²) in [6, 6.07) is 11.5. The lowest BCUT2D eigenvalue weighted by Crippen LogP contribution is -2.34. The highest BCUT2D eigenvalue weighted by Crippen LogP contribution is 2.21. The minimum Gasteiger partial charge on any atom is -0.494 e. The molecule has 6 nitrogen and oxygen atoms in total. The maximum absolute atomic E-state index is 13.9. The van der Waals surface area contributed by atoms with Crippen LogP contribution in [0.2, 0.25) is 0 Å². The zero-order chi connectivity index (χ0) is 19.6. The van der Waals surface area contributed by atoms with Crippen LogP contribution in [0.5, 0.6) is 5.75 Å². The van der Waals surface area contributed by atoms with Crippen molar-refractivity contribution in [2.75, 3.05) is 7.11 Å². The first-order valence-electron chi connectivity index (χ1n) is 8.77. The fraction of sp³-hybridized carbons (Fsp3) is 0.300. The Balaban J connectivity index is 1.80. The molecule has 27 heavy (non-hydrogen) atoms. The van der Waals surface area contributed by atoms with Crippen molar-refractivity contribution < 1.29 is 13.9 Å². The number of hydrogen-bond acceptors (Lipinski definition) is 3. The molecule has 0 bridgehead atoms. The molecule has 1 atom stereocenters. The number of rotatable bonds is 6. The van der Waals surface area contributed by atoms with Gasteiger partial charge in [-0.25, -0.2) is 9.18 Å². The molecule has 0 fully saturated rings. The third-order valence-corrected chi connectivity index (χ3v) is 4.60. The summed E-state index contributed by atoms with van der Waals surface area (Å²) in [7, 11) is 1.40. The van der Waals surface area contributed by atoms with E-state index in [9.17, 15) is 14.0 Å². The molecule has 2 aromatic carbocycles. The van der Waals surface area contributed by atoms with E-state index >= 15 is 0 Å². The molecular weight excluding hydrogens is 349 g/mol. The van der Waals surface area contributed by atoms with E-state index < -0.39 is 11.9 Å². The Bertz CT molecular complexity index is 1040. The predicted octanol–water partition coefficient (Wildman–Crippen LogP) is 2.85. The zero-order valence-corrected chi connectivity index (χ0v) is 15.5. The molecule has 3 rings (SSSR count). The molecule has 0 saturated carbocycles. The Kier molecular flexibility index (Phi) is 5.30. The number of benzene rings is 2. The number of nitrogens with zero attached hydrogens (tertiary/aromatic N) is 2. The van der Waals surface area contributed by atoms with Crippen molar-refractivity contribution in [1.82, 2.24) is 14.5 Å². The first kappa shape index (κ1) is 18.7. The fourth-order valence-corrected chi connectivity index (χ4v) is 3.20. The van der Waals surface area contributed by atoms with Crippen LogP contribution in [0, 0.1) is 5.82 Å². The molecule has 1 amide bonds. The summed E-state index contributed by atoms with van der Waals surface area (Å²) >= 11 is 0. The Labute approximate surface area is 156 Å². The Morgan fingerprint density at radius 1 is 1.19 bits per heavy atom. The molecule has 142 valence electrons. The minimum atomic E-state index is -0.488. The average molecular weight is 371 g/mol. The number of imidazole rings is 1. The molecule has 1 unspecified atom stereocenters. The van der Waals surface area contributed by atoms with Crippen LogP contribution in [0.4, 0.5) is 4.39 Å². The van der Waals surface area contributed by atoms with Crippen molar-refractivity contribution in [3.8, 4) is 5.75 Å².